The fourth-order valence-electron chi connectivity index (χ4n) is 4.92. The maximum atomic E-state index is 10.7. The molecular weight excluding hydrogens is 639 g/mol. The van der Waals surface area contributed by atoms with E-state index < -0.39 is 0 Å². The molecule has 0 radical (unpaired) electrons. The van der Waals surface area contributed by atoms with Crippen LogP contribution in [0.1, 0.15) is 11.1 Å². The summed E-state index contributed by atoms with van der Waals surface area (Å²) in [5, 5.41) is 10.7. The number of fused-ring (bicyclic) bond motifs is 1. The third-order valence-corrected chi connectivity index (χ3v) is 6.66. The van der Waals surface area contributed by atoms with Gasteiger partial charge in [-0.25, -0.2) is 0 Å². The molecule has 186 valence electrons. The Labute approximate surface area is 231 Å². The second-order valence-corrected chi connectivity index (χ2v) is 9.11. The van der Waals surface area contributed by atoms with E-state index in [0.29, 0.717) is 11.4 Å². The number of imidazole rings is 1. The molecule has 1 aliphatic heterocycles. The number of hydrogen-bond acceptors (Lipinski definition) is 4. The zero-order chi connectivity index (χ0) is 24.8. The monoisotopic (exact) mass is 665 g/mol. The van der Waals surface area contributed by atoms with E-state index in [2.05, 4.69) is 77.3 Å². The first-order chi connectivity index (χ1) is 17.5. The number of anilines is 3. The summed E-state index contributed by atoms with van der Waals surface area (Å²) in [5.41, 5.74) is 8.91. The van der Waals surface area contributed by atoms with Crippen molar-refractivity contribution in [2.75, 3.05) is 16.8 Å². The molecule has 6 heteroatoms. The molecule has 1 N–H and O–H groups in total. The number of para-hydroxylation sites is 4. The van der Waals surface area contributed by atoms with Gasteiger partial charge in [-0.2, -0.15) is 6.67 Å². The number of rotatable bonds is 4. The fourth-order valence-corrected chi connectivity index (χ4v) is 4.92. The second-order valence-electron chi connectivity index (χ2n) is 9.11. The molecule has 1 aliphatic rings. The summed E-state index contributed by atoms with van der Waals surface area (Å²) in [4.78, 5) is 9.29. The summed E-state index contributed by atoms with van der Waals surface area (Å²) >= 11 is 0. The molecule has 0 fully saturated rings. The van der Waals surface area contributed by atoms with Gasteiger partial charge in [0.25, 0.3) is 0 Å². The van der Waals surface area contributed by atoms with Crippen molar-refractivity contribution in [3.63, 3.8) is 0 Å². The number of benzene rings is 4. The number of aromatic hydroxyl groups is 1. The summed E-state index contributed by atoms with van der Waals surface area (Å²) < 4.78 is 2.08. The van der Waals surface area contributed by atoms with E-state index in [1.807, 2.05) is 55.7 Å². The molecule has 0 spiro atoms. The van der Waals surface area contributed by atoms with Gasteiger partial charge >= 0.3 is 21.1 Å². The number of aromatic nitrogens is 2. The van der Waals surface area contributed by atoms with Crippen LogP contribution >= 0.6 is 0 Å². The topological polar surface area (TPSA) is 44.5 Å². The molecule has 0 atom stereocenters. The normalized spacial score (nSPS) is 12.4. The van der Waals surface area contributed by atoms with Crippen LogP contribution in [0, 0.1) is 26.6 Å². The van der Waals surface area contributed by atoms with Crippen LogP contribution in [0.5, 0.6) is 5.75 Å². The average molecular weight is 666 g/mol. The van der Waals surface area contributed by atoms with E-state index in [-0.39, 0.29) is 26.8 Å². The molecule has 0 bridgehead atoms. The van der Waals surface area contributed by atoms with Crippen LogP contribution in [0.15, 0.2) is 91.1 Å². The smallest absolute Gasteiger partial charge is 0.507 e. The van der Waals surface area contributed by atoms with Gasteiger partial charge in [-0.3, -0.25) is 4.98 Å². The summed E-state index contributed by atoms with van der Waals surface area (Å²) in [5.74, 6) is 0.892. The van der Waals surface area contributed by atoms with Crippen molar-refractivity contribution in [3.8, 4) is 34.1 Å². The minimum Gasteiger partial charge on any atom is -0.507 e. The van der Waals surface area contributed by atoms with Gasteiger partial charge in [-0.1, -0.05) is 48.2 Å². The van der Waals surface area contributed by atoms with Crippen LogP contribution in [0.4, 0.5) is 17.1 Å². The molecule has 0 aliphatic carbocycles. The summed E-state index contributed by atoms with van der Waals surface area (Å²) in [6.07, 6.45) is 2.04. The van der Waals surface area contributed by atoms with Crippen molar-refractivity contribution in [1.82, 2.24) is 9.55 Å². The maximum Gasteiger partial charge on any atom is 2.00 e. The molecule has 5 aromatic rings. The Kier molecular flexibility index (Phi) is 6.66. The van der Waals surface area contributed by atoms with Crippen molar-refractivity contribution < 1.29 is 26.2 Å². The molecular formula is C31H26N4OPt. The zero-order valence-electron chi connectivity index (χ0n) is 20.8. The van der Waals surface area contributed by atoms with E-state index in [0.717, 1.165) is 45.1 Å². The van der Waals surface area contributed by atoms with Crippen LogP contribution < -0.4 is 9.80 Å². The van der Waals surface area contributed by atoms with Gasteiger partial charge in [0, 0.05) is 17.1 Å². The third-order valence-electron chi connectivity index (χ3n) is 6.66. The summed E-state index contributed by atoms with van der Waals surface area (Å²) in [6, 6.07) is 31.6. The first-order valence-electron chi connectivity index (χ1n) is 11.9. The Bertz CT molecular complexity index is 1570. The van der Waals surface area contributed by atoms with Crippen molar-refractivity contribution >= 4 is 17.1 Å². The van der Waals surface area contributed by atoms with E-state index in [4.69, 9.17) is 4.98 Å². The molecule has 0 unspecified atom stereocenters. The fraction of sp³-hybridized carbons (Fsp3) is 0.0968. The SMILES string of the molecule is Cc1cccc(C)c1-n1cc(-c2[c-]c(N3[CH-]N(C)c4ccccc43)ccc2)nc1-c1ccccc1O.[Pt+2]. The van der Waals surface area contributed by atoms with E-state index in [1.165, 1.54) is 0 Å². The van der Waals surface area contributed by atoms with Crippen LogP contribution in [0.2, 0.25) is 0 Å². The molecule has 0 saturated carbocycles. The number of aryl methyl sites for hydroxylation is 2. The Morgan fingerprint density at radius 1 is 0.811 bits per heavy atom. The van der Waals surface area contributed by atoms with Crippen molar-refractivity contribution in [2.24, 2.45) is 0 Å². The molecule has 6 rings (SSSR count). The van der Waals surface area contributed by atoms with Gasteiger partial charge in [-0.05, 0) is 62.5 Å². The summed E-state index contributed by atoms with van der Waals surface area (Å²) in [6.45, 7) is 6.27. The predicted octanol–water partition coefficient (Wildman–Crippen LogP) is 7.03. The van der Waals surface area contributed by atoms with Crippen molar-refractivity contribution in [3.05, 3.63) is 115 Å². The molecule has 4 aromatic carbocycles. The number of phenols is 1. The van der Waals surface area contributed by atoms with Crippen molar-refractivity contribution in [2.45, 2.75) is 13.8 Å². The molecule has 1 aromatic heterocycles. The van der Waals surface area contributed by atoms with Crippen LogP contribution in [-0.2, 0) is 21.1 Å². The van der Waals surface area contributed by atoms with Gasteiger partial charge in [0.15, 0.2) is 0 Å². The molecule has 37 heavy (non-hydrogen) atoms. The first kappa shape index (κ1) is 24.9. The predicted molar refractivity (Wildman–Crippen MR) is 146 cm³/mol. The largest absolute Gasteiger partial charge is 2.00 e. The standard InChI is InChI=1S/C31H26N4O.Pt/c1-21-10-8-11-22(2)30(21)34-19-26(32-31(34)25-14-4-7-17-29(25)36)23-12-9-13-24(18-23)35-20-33(3)27-15-5-6-16-28(27)35;/h4-17,19-20,36H,1-3H3;/q-2;+2. The van der Waals surface area contributed by atoms with Crippen LogP contribution in [0.3, 0.4) is 0 Å². The Balaban J connectivity index is 0.00000280. The van der Waals surface area contributed by atoms with Crippen molar-refractivity contribution in [1.29, 1.82) is 0 Å². The number of phenolic OH excluding ortho intramolecular Hbond substituents is 1. The van der Waals surface area contributed by atoms with E-state index in [1.54, 1.807) is 6.07 Å². The van der Waals surface area contributed by atoms with Gasteiger partial charge in [0.05, 0.1) is 11.3 Å². The minimum atomic E-state index is 0. The zero-order valence-corrected chi connectivity index (χ0v) is 23.1. The van der Waals surface area contributed by atoms with Crippen LogP contribution in [0.25, 0.3) is 28.3 Å². The average Bonchev–Trinajstić information content (AvgIpc) is 3.46. The Morgan fingerprint density at radius 3 is 2.24 bits per heavy atom. The molecule has 0 amide bonds. The number of hydrogen-bond donors (Lipinski definition) is 1. The second kappa shape index (κ2) is 9.91. The first-order valence-corrected chi connectivity index (χ1v) is 11.9. The molecule has 2 heterocycles. The Hall–Kier alpha value is -3.82. The van der Waals surface area contributed by atoms with Crippen LogP contribution in [-0.4, -0.2) is 21.7 Å². The quantitative estimate of drug-likeness (QED) is 0.210. The Morgan fingerprint density at radius 2 is 1.49 bits per heavy atom. The maximum absolute atomic E-state index is 10.7. The molecule has 0 saturated heterocycles. The summed E-state index contributed by atoms with van der Waals surface area (Å²) in [7, 11) is 2.05. The van der Waals surface area contributed by atoms with Gasteiger partial charge in [0.2, 0.25) is 0 Å². The van der Waals surface area contributed by atoms with Gasteiger partial charge < -0.3 is 19.5 Å². The van der Waals surface area contributed by atoms with Gasteiger partial charge in [-0.15, -0.1) is 29.8 Å². The minimum absolute atomic E-state index is 0. The van der Waals surface area contributed by atoms with E-state index in [9.17, 15) is 5.11 Å². The third kappa shape index (κ3) is 4.34. The number of nitrogens with zero attached hydrogens (tertiary/aromatic N) is 4. The van der Waals surface area contributed by atoms with E-state index >= 15 is 0 Å². The molecule has 5 nitrogen and oxygen atoms in total. The van der Waals surface area contributed by atoms with Gasteiger partial charge in [0.1, 0.15) is 11.6 Å².